The Labute approximate surface area is 93.3 Å². The van der Waals surface area contributed by atoms with Crippen LogP contribution in [0.4, 0.5) is 13.2 Å². The van der Waals surface area contributed by atoms with Crippen molar-refractivity contribution in [3.8, 4) is 16.3 Å². The molecule has 1 aromatic heterocycles. The fraction of sp³-hybridized carbons (Fsp3) is 0.100. The summed E-state index contributed by atoms with van der Waals surface area (Å²) in [6.45, 7) is 0. The zero-order valence-electron chi connectivity index (χ0n) is 7.78. The molecular weight excluding hydrogens is 239 g/mol. The summed E-state index contributed by atoms with van der Waals surface area (Å²) in [6, 6.07) is 8.60. The van der Waals surface area contributed by atoms with Crippen LogP contribution >= 0.6 is 11.3 Å². The largest absolute Gasteiger partial charge is 0.574 e. The van der Waals surface area contributed by atoms with Gasteiger partial charge in [-0.2, -0.15) is 4.98 Å². The Hall–Kier alpha value is -1.56. The minimum atomic E-state index is -4.73. The third-order valence-corrected chi connectivity index (χ3v) is 2.53. The number of hydrogen-bond donors (Lipinski definition) is 0. The zero-order chi connectivity index (χ0) is 11.6. The molecule has 0 aliphatic rings. The molecule has 0 aliphatic heterocycles. The van der Waals surface area contributed by atoms with E-state index in [1.165, 1.54) is 0 Å². The van der Waals surface area contributed by atoms with Gasteiger partial charge in [0.05, 0.1) is 4.88 Å². The van der Waals surface area contributed by atoms with Gasteiger partial charge in [0.2, 0.25) is 5.88 Å². The number of benzene rings is 1. The minimum Gasteiger partial charge on any atom is -0.386 e. The van der Waals surface area contributed by atoms with Crippen LogP contribution in [0.2, 0.25) is 0 Å². The Kier molecular flexibility index (Phi) is 2.82. The molecule has 0 aliphatic carbocycles. The molecule has 0 unspecified atom stereocenters. The van der Waals surface area contributed by atoms with Crippen LogP contribution < -0.4 is 4.74 Å². The maximum absolute atomic E-state index is 12.0. The lowest BCUT2D eigenvalue weighted by atomic mass is 10.2. The summed E-state index contributed by atoms with van der Waals surface area (Å²) in [5.41, 5.74) is 3.01. The van der Waals surface area contributed by atoms with Gasteiger partial charge in [-0.1, -0.05) is 30.3 Å². The molecule has 6 heteroatoms. The Morgan fingerprint density at radius 2 is 1.88 bits per heavy atom. The van der Waals surface area contributed by atoms with E-state index in [1.807, 2.05) is 0 Å². The third kappa shape index (κ3) is 2.52. The summed E-state index contributed by atoms with van der Waals surface area (Å²) in [7, 11) is 0. The average Bonchev–Trinajstić information content (AvgIpc) is 2.64. The van der Waals surface area contributed by atoms with Gasteiger partial charge in [-0.25, -0.2) is 0 Å². The number of hydrogen-bond acceptors (Lipinski definition) is 3. The lowest BCUT2D eigenvalue weighted by molar-refractivity contribution is -0.275. The third-order valence-electron chi connectivity index (χ3n) is 1.74. The molecule has 0 atom stereocenters. The van der Waals surface area contributed by atoms with E-state index in [0.717, 1.165) is 11.3 Å². The lowest BCUT2D eigenvalue weighted by Gasteiger charge is -2.07. The van der Waals surface area contributed by atoms with Gasteiger partial charge in [0.25, 0.3) is 0 Å². The molecular formula is C10H5F3NOS. The number of ether oxygens (including phenoxy) is 1. The van der Waals surface area contributed by atoms with E-state index < -0.39 is 12.2 Å². The number of nitrogens with zero attached hydrogens (tertiary/aromatic N) is 1. The SMILES string of the molecule is FC(F)(F)Oc1n[c]sc1-c1ccccc1. The Morgan fingerprint density at radius 1 is 1.19 bits per heavy atom. The zero-order valence-corrected chi connectivity index (χ0v) is 8.60. The van der Waals surface area contributed by atoms with E-state index in [0.29, 0.717) is 10.4 Å². The van der Waals surface area contributed by atoms with E-state index in [9.17, 15) is 13.2 Å². The Balaban J connectivity index is 2.33. The fourth-order valence-corrected chi connectivity index (χ4v) is 1.80. The molecule has 1 radical (unpaired) electrons. The molecule has 16 heavy (non-hydrogen) atoms. The van der Waals surface area contributed by atoms with Gasteiger partial charge in [-0.15, -0.1) is 24.5 Å². The van der Waals surface area contributed by atoms with Crippen molar-refractivity contribution in [2.45, 2.75) is 6.36 Å². The molecule has 2 aromatic rings. The monoisotopic (exact) mass is 244 g/mol. The van der Waals surface area contributed by atoms with Crippen molar-refractivity contribution in [3.05, 3.63) is 35.8 Å². The van der Waals surface area contributed by atoms with Gasteiger partial charge in [0.15, 0.2) is 5.51 Å². The average molecular weight is 244 g/mol. The molecule has 1 heterocycles. The maximum atomic E-state index is 12.0. The van der Waals surface area contributed by atoms with E-state index >= 15 is 0 Å². The van der Waals surface area contributed by atoms with Crippen LogP contribution in [0.3, 0.4) is 0 Å². The first-order chi connectivity index (χ1) is 7.56. The fourth-order valence-electron chi connectivity index (χ4n) is 1.16. The van der Waals surface area contributed by atoms with Gasteiger partial charge >= 0.3 is 6.36 Å². The van der Waals surface area contributed by atoms with Crippen LogP contribution in [0.1, 0.15) is 0 Å². The lowest BCUT2D eigenvalue weighted by Crippen LogP contribution is -2.17. The predicted octanol–water partition coefficient (Wildman–Crippen LogP) is 3.51. The topological polar surface area (TPSA) is 22.1 Å². The Bertz CT molecular complexity index is 466. The quantitative estimate of drug-likeness (QED) is 0.806. The number of rotatable bonds is 2. The minimum absolute atomic E-state index is 0.318. The van der Waals surface area contributed by atoms with Crippen molar-refractivity contribution in [1.82, 2.24) is 4.98 Å². The van der Waals surface area contributed by atoms with Crippen LogP contribution in [0.25, 0.3) is 10.4 Å². The predicted molar refractivity (Wildman–Crippen MR) is 53.1 cm³/mol. The van der Waals surface area contributed by atoms with E-state index in [2.05, 4.69) is 15.2 Å². The second-order valence-corrected chi connectivity index (χ2v) is 3.65. The molecule has 0 saturated carbocycles. The molecule has 83 valence electrons. The van der Waals surface area contributed by atoms with E-state index in [-0.39, 0.29) is 0 Å². The standard InChI is InChI=1S/C10H5F3NOS/c11-10(12,13)15-9-8(16-6-14-9)7-4-2-1-3-5-7/h1-5H. The highest BCUT2D eigenvalue weighted by molar-refractivity contribution is 7.13. The normalized spacial score (nSPS) is 11.4. The molecule has 0 fully saturated rings. The second-order valence-electron chi connectivity index (χ2n) is 2.85. The summed E-state index contributed by atoms with van der Waals surface area (Å²) in [5, 5.41) is 0. The number of alkyl halides is 3. The van der Waals surface area contributed by atoms with Gasteiger partial charge in [0, 0.05) is 0 Å². The van der Waals surface area contributed by atoms with Crippen molar-refractivity contribution < 1.29 is 17.9 Å². The van der Waals surface area contributed by atoms with Crippen molar-refractivity contribution in [3.63, 3.8) is 0 Å². The van der Waals surface area contributed by atoms with Crippen LogP contribution in [0, 0.1) is 5.51 Å². The van der Waals surface area contributed by atoms with Crippen LogP contribution in [-0.4, -0.2) is 11.3 Å². The first kappa shape index (κ1) is 10.9. The number of aromatic nitrogens is 1. The molecule has 1 aromatic carbocycles. The smallest absolute Gasteiger partial charge is 0.386 e. The van der Waals surface area contributed by atoms with Crippen molar-refractivity contribution >= 4 is 11.3 Å². The summed E-state index contributed by atoms with van der Waals surface area (Å²) >= 11 is 0.982. The van der Waals surface area contributed by atoms with Gasteiger partial charge in [0.1, 0.15) is 0 Å². The molecule has 0 bridgehead atoms. The molecule has 0 N–H and O–H groups in total. The number of thiazole rings is 1. The Morgan fingerprint density at radius 3 is 2.50 bits per heavy atom. The van der Waals surface area contributed by atoms with Crippen LogP contribution in [0.15, 0.2) is 30.3 Å². The van der Waals surface area contributed by atoms with E-state index in [1.54, 1.807) is 30.3 Å². The summed E-state index contributed by atoms with van der Waals surface area (Å²) in [5.74, 6) is -0.455. The van der Waals surface area contributed by atoms with E-state index in [4.69, 9.17) is 0 Å². The van der Waals surface area contributed by atoms with Crippen molar-refractivity contribution in [2.24, 2.45) is 0 Å². The first-order valence-corrected chi connectivity index (χ1v) is 5.06. The molecule has 2 rings (SSSR count). The van der Waals surface area contributed by atoms with Gasteiger partial charge < -0.3 is 4.74 Å². The molecule has 0 saturated heterocycles. The maximum Gasteiger partial charge on any atom is 0.574 e. The van der Waals surface area contributed by atoms with Crippen molar-refractivity contribution in [1.29, 1.82) is 0 Å². The summed E-state index contributed by atoms with van der Waals surface area (Å²) < 4.78 is 39.9. The summed E-state index contributed by atoms with van der Waals surface area (Å²) in [6.07, 6.45) is -4.73. The highest BCUT2D eigenvalue weighted by Crippen LogP contribution is 2.35. The molecule has 0 amide bonds. The molecule has 0 spiro atoms. The highest BCUT2D eigenvalue weighted by Gasteiger charge is 2.33. The van der Waals surface area contributed by atoms with Gasteiger partial charge in [-0.05, 0) is 5.56 Å². The highest BCUT2D eigenvalue weighted by atomic mass is 32.1. The molecule has 2 nitrogen and oxygen atoms in total. The van der Waals surface area contributed by atoms with Crippen LogP contribution in [-0.2, 0) is 0 Å². The first-order valence-electron chi connectivity index (χ1n) is 4.24. The second kappa shape index (κ2) is 4.13. The van der Waals surface area contributed by atoms with Gasteiger partial charge in [-0.3, -0.25) is 0 Å². The van der Waals surface area contributed by atoms with Crippen molar-refractivity contribution in [2.75, 3.05) is 0 Å². The van der Waals surface area contributed by atoms with Crippen LogP contribution in [0.5, 0.6) is 5.88 Å². The summed E-state index contributed by atoms with van der Waals surface area (Å²) in [4.78, 5) is 3.75. The number of halogens is 3.